The molecule has 0 aromatic rings. The maximum Gasteiger partial charge on any atom is 0.189 e. The second-order valence-electron chi connectivity index (χ2n) is 6.06. The fourth-order valence-corrected chi connectivity index (χ4v) is 2.26. The molecule has 4 heteroatoms. The first-order valence-electron chi connectivity index (χ1n) is 6.29. The molecule has 0 spiro atoms. The monoisotopic (exact) mass is 224 g/mol. The van der Waals surface area contributed by atoms with Crippen LogP contribution in [0, 0.1) is 0 Å². The van der Waals surface area contributed by atoms with Crippen LogP contribution in [0.2, 0.25) is 0 Å². The molecule has 4 nitrogen and oxygen atoms in total. The summed E-state index contributed by atoms with van der Waals surface area (Å²) in [4.78, 5) is 7.12. The van der Waals surface area contributed by atoms with E-state index in [0.717, 1.165) is 19.0 Å². The smallest absolute Gasteiger partial charge is 0.189 e. The van der Waals surface area contributed by atoms with E-state index in [1.54, 1.807) is 0 Å². The number of guanidine groups is 1. The predicted molar refractivity (Wildman–Crippen MR) is 67.5 cm³/mol. The van der Waals surface area contributed by atoms with Crippen LogP contribution in [-0.2, 0) is 0 Å². The Bertz CT molecular complexity index is 275. The van der Waals surface area contributed by atoms with Crippen molar-refractivity contribution in [3.63, 3.8) is 0 Å². The van der Waals surface area contributed by atoms with Crippen molar-refractivity contribution >= 4 is 5.96 Å². The highest BCUT2D eigenvalue weighted by molar-refractivity contribution is 5.78. The molecule has 2 aliphatic rings. The number of hydrogen-bond donors (Lipinski definition) is 2. The molecule has 0 aromatic heterocycles. The van der Waals surface area contributed by atoms with E-state index in [4.69, 9.17) is 5.73 Å². The number of nitrogens with one attached hydrogen (secondary N) is 1. The molecule has 1 aliphatic carbocycles. The highest BCUT2D eigenvalue weighted by Gasteiger charge is 2.34. The van der Waals surface area contributed by atoms with Gasteiger partial charge in [-0.3, -0.25) is 4.90 Å². The van der Waals surface area contributed by atoms with Gasteiger partial charge in [0.05, 0.1) is 6.04 Å². The SMILES string of the molecule is CC(C)(C)NC(N)=NC1CCN(C2CC2)C1. The number of aliphatic imine (C=N–C) groups is 1. The first kappa shape index (κ1) is 11.7. The molecule has 2 fully saturated rings. The van der Waals surface area contributed by atoms with Crippen LogP contribution in [0.4, 0.5) is 0 Å². The molecule has 1 saturated heterocycles. The molecular formula is C12H24N4. The summed E-state index contributed by atoms with van der Waals surface area (Å²) in [5.41, 5.74) is 5.90. The van der Waals surface area contributed by atoms with Gasteiger partial charge in [-0.2, -0.15) is 0 Å². The minimum absolute atomic E-state index is 0.00235. The van der Waals surface area contributed by atoms with Crippen molar-refractivity contribution < 1.29 is 0 Å². The molecule has 1 aliphatic heterocycles. The quantitative estimate of drug-likeness (QED) is 0.542. The summed E-state index contributed by atoms with van der Waals surface area (Å²) >= 11 is 0. The molecule has 1 atom stereocenters. The minimum atomic E-state index is 0.00235. The summed E-state index contributed by atoms with van der Waals surface area (Å²) in [6.07, 6.45) is 3.92. The Hall–Kier alpha value is -0.770. The molecule has 2 rings (SSSR count). The predicted octanol–water partition coefficient (Wildman–Crippen LogP) is 0.926. The van der Waals surface area contributed by atoms with Gasteiger partial charge in [0, 0.05) is 24.7 Å². The summed E-state index contributed by atoms with van der Waals surface area (Å²) in [5.74, 6) is 0.593. The molecule has 1 unspecified atom stereocenters. The van der Waals surface area contributed by atoms with Gasteiger partial charge in [-0.25, -0.2) is 4.99 Å². The van der Waals surface area contributed by atoms with Crippen LogP contribution in [0.1, 0.15) is 40.0 Å². The summed E-state index contributed by atoms with van der Waals surface area (Å²) in [5, 5.41) is 3.21. The fraction of sp³-hybridized carbons (Fsp3) is 0.917. The standard InChI is InChI=1S/C12H24N4/c1-12(2,3)15-11(13)14-9-6-7-16(8-9)10-4-5-10/h9-10H,4-8H2,1-3H3,(H3,13,14,15). The number of nitrogens with two attached hydrogens (primary N) is 1. The average Bonchev–Trinajstić information content (AvgIpc) is 2.85. The van der Waals surface area contributed by atoms with Gasteiger partial charge in [0.1, 0.15) is 0 Å². The van der Waals surface area contributed by atoms with E-state index in [0.29, 0.717) is 12.0 Å². The van der Waals surface area contributed by atoms with E-state index >= 15 is 0 Å². The van der Waals surface area contributed by atoms with Crippen molar-refractivity contribution in [1.29, 1.82) is 0 Å². The van der Waals surface area contributed by atoms with E-state index < -0.39 is 0 Å². The average molecular weight is 224 g/mol. The summed E-state index contributed by atoms with van der Waals surface area (Å²) in [6.45, 7) is 8.58. The van der Waals surface area contributed by atoms with Crippen molar-refractivity contribution in [2.75, 3.05) is 13.1 Å². The van der Waals surface area contributed by atoms with Gasteiger partial charge in [0.2, 0.25) is 0 Å². The van der Waals surface area contributed by atoms with Gasteiger partial charge < -0.3 is 11.1 Å². The number of hydrogen-bond acceptors (Lipinski definition) is 2. The van der Waals surface area contributed by atoms with E-state index in [-0.39, 0.29) is 5.54 Å². The first-order chi connectivity index (χ1) is 7.44. The van der Waals surface area contributed by atoms with Crippen molar-refractivity contribution in [2.45, 2.75) is 57.7 Å². The molecule has 1 heterocycles. The Kier molecular flexibility index (Phi) is 3.10. The molecule has 16 heavy (non-hydrogen) atoms. The molecule has 1 saturated carbocycles. The molecule has 92 valence electrons. The Morgan fingerprint density at radius 3 is 2.56 bits per heavy atom. The van der Waals surface area contributed by atoms with Crippen LogP contribution in [0.25, 0.3) is 0 Å². The minimum Gasteiger partial charge on any atom is -0.370 e. The molecule has 0 amide bonds. The third-order valence-electron chi connectivity index (χ3n) is 3.08. The number of likely N-dealkylation sites (tertiary alicyclic amines) is 1. The molecular weight excluding hydrogens is 200 g/mol. The number of rotatable bonds is 2. The third-order valence-corrected chi connectivity index (χ3v) is 3.08. The second kappa shape index (κ2) is 4.24. The lowest BCUT2D eigenvalue weighted by Gasteiger charge is -2.21. The maximum atomic E-state index is 5.90. The van der Waals surface area contributed by atoms with Gasteiger partial charge in [-0.1, -0.05) is 0 Å². The van der Waals surface area contributed by atoms with E-state index in [2.05, 4.69) is 36.0 Å². The highest BCUT2D eigenvalue weighted by Crippen LogP contribution is 2.30. The van der Waals surface area contributed by atoms with Gasteiger partial charge in [0.15, 0.2) is 5.96 Å². The third kappa shape index (κ3) is 3.37. The maximum absolute atomic E-state index is 5.90. The lowest BCUT2D eigenvalue weighted by atomic mass is 10.1. The Morgan fingerprint density at radius 1 is 1.31 bits per heavy atom. The van der Waals surface area contributed by atoms with Crippen molar-refractivity contribution in [3.05, 3.63) is 0 Å². The van der Waals surface area contributed by atoms with Crippen molar-refractivity contribution in [3.8, 4) is 0 Å². The largest absolute Gasteiger partial charge is 0.370 e. The van der Waals surface area contributed by atoms with E-state index in [9.17, 15) is 0 Å². The number of nitrogens with zero attached hydrogens (tertiary/aromatic N) is 2. The lowest BCUT2D eigenvalue weighted by molar-refractivity contribution is 0.324. The van der Waals surface area contributed by atoms with Crippen LogP contribution < -0.4 is 11.1 Å². The van der Waals surface area contributed by atoms with Gasteiger partial charge in [-0.05, 0) is 40.0 Å². The van der Waals surface area contributed by atoms with Crippen LogP contribution in [-0.4, -0.2) is 41.6 Å². The second-order valence-corrected chi connectivity index (χ2v) is 6.06. The Labute approximate surface area is 98.3 Å². The molecule has 3 N–H and O–H groups in total. The normalized spacial score (nSPS) is 28.4. The Balaban J connectivity index is 1.82. The van der Waals surface area contributed by atoms with Crippen LogP contribution in [0.3, 0.4) is 0 Å². The van der Waals surface area contributed by atoms with Crippen molar-refractivity contribution in [1.82, 2.24) is 10.2 Å². The zero-order valence-electron chi connectivity index (χ0n) is 10.7. The molecule has 0 radical (unpaired) electrons. The fourth-order valence-electron chi connectivity index (χ4n) is 2.26. The summed E-state index contributed by atoms with van der Waals surface area (Å²) < 4.78 is 0. The van der Waals surface area contributed by atoms with Gasteiger partial charge >= 0.3 is 0 Å². The van der Waals surface area contributed by atoms with E-state index in [1.165, 1.54) is 19.4 Å². The van der Waals surface area contributed by atoms with Gasteiger partial charge in [-0.15, -0.1) is 0 Å². The molecule has 0 bridgehead atoms. The van der Waals surface area contributed by atoms with E-state index in [1.807, 2.05) is 0 Å². The zero-order chi connectivity index (χ0) is 11.8. The molecule has 0 aromatic carbocycles. The van der Waals surface area contributed by atoms with Crippen molar-refractivity contribution in [2.24, 2.45) is 10.7 Å². The highest BCUT2D eigenvalue weighted by atomic mass is 15.2. The lowest BCUT2D eigenvalue weighted by Crippen LogP contribution is -2.45. The Morgan fingerprint density at radius 2 is 2.00 bits per heavy atom. The topological polar surface area (TPSA) is 53.6 Å². The van der Waals surface area contributed by atoms with Gasteiger partial charge in [0.25, 0.3) is 0 Å². The first-order valence-corrected chi connectivity index (χ1v) is 6.29. The van der Waals surface area contributed by atoms with Crippen LogP contribution >= 0.6 is 0 Å². The zero-order valence-corrected chi connectivity index (χ0v) is 10.7. The summed E-state index contributed by atoms with van der Waals surface area (Å²) in [6, 6.07) is 1.26. The van der Waals surface area contributed by atoms with Crippen LogP contribution in [0.15, 0.2) is 4.99 Å². The van der Waals surface area contributed by atoms with Crippen LogP contribution in [0.5, 0.6) is 0 Å². The summed E-state index contributed by atoms with van der Waals surface area (Å²) in [7, 11) is 0.